The van der Waals surface area contributed by atoms with Crippen molar-refractivity contribution in [2.24, 2.45) is 0 Å². The number of hydrogen-bond acceptors (Lipinski definition) is 3. The first kappa shape index (κ1) is 14.0. The third-order valence-electron chi connectivity index (χ3n) is 2.28. The largest absolute Gasteiger partial charge is 0.477 e. The van der Waals surface area contributed by atoms with E-state index in [-0.39, 0.29) is 30.6 Å². The lowest BCUT2D eigenvalue weighted by atomic mass is 10.3. The Morgan fingerprint density at radius 3 is 2.61 bits per heavy atom. The maximum absolute atomic E-state index is 11.5. The SMILES string of the molecule is CC(C)NC(=O)CCn1c(C(=O)O)cccc1=O. The summed E-state index contributed by atoms with van der Waals surface area (Å²) >= 11 is 0. The van der Waals surface area contributed by atoms with E-state index in [2.05, 4.69) is 5.32 Å². The van der Waals surface area contributed by atoms with Crippen molar-refractivity contribution in [1.82, 2.24) is 9.88 Å². The maximum Gasteiger partial charge on any atom is 0.352 e. The van der Waals surface area contributed by atoms with Crippen molar-refractivity contribution in [2.75, 3.05) is 0 Å². The highest BCUT2D eigenvalue weighted by molar-refractivity contribution is 5.85. The second kappa shape index (κ2) is 6.00. The van der Waals surface area contributed by atoms with E-state index in [1.165, 1.54) is 18.2 Å². The maximum atomic E-state index is 11.5. The molecule has 0 aliphatic carbocycles. The van der Waals surface area contributed by atoms with E-state index in [9.17, 15) is 14.4 Å². The zero-order chi connectivity index (χ0) is 13.7. The van der Waals surface area contributed by atoms with Crippen LogP contribution >= 0.6 is 0 Å². The smallest absolute Gasteiger partial charge is 0.352 e. The number of rotatable bonds is 5. The minimum absolute atomic E-state index is 0.0175. The van der Waals surface area contributed by atoms with Gasteiger partial charge < -0.3 is 15.0 Å². The van der Waals surface area contributed by atoms with Crippen molar-refractivity contribution >= 4 is 11.9 Å². The molecule has 0 unspecified atom stereocenters. The highest BCUT2D eigenvalue weighted by Gasteiger charge is 2.11. The van der Waals surface area contributed by atoms with Crippen molar-refractivity contribution in [3.8, 4) is 0 Å². The fourth-order valence-corrected chi connectivity index (χ4v) is 1.55. The van der Waals surface area contributed by atoms with Gasteiger partial charge in [-0.3, -0.25) is 9.59 Å². The van der Waals surface area contributed by atoms with Gasteiger partial charge in [0.25, 0.3) is 5.56 Å². The summed E-state index contributed by atoms with van der Waals surface area (Å²) in [5, 5.41) is 11.6. The molecule has 0 bridgehead atoms. The zero-order valence-electron chi connectivity index (χ0n) is 10.3. The first-order chi connectivity index (χ1) is 8.41. The molecule has 2 N–H and O–H groups in total. The number of aromatic nitrogens is 1. The molecule has 0 radical (unpaired) electrons. The van der Waals surface area contributed by atoms with Crippen LogP contribution in [0.3, 0.4) is 0 Å². The molecule has 6 heteroatoms. The van der Waals surface area contributed by atoms with Crippen molar-refractivity contribution in [3.05, 3.63) is 34.2 Å². The van der Waals surface area contributed by atoms with Crippen molar-refractivity contribution in [1.29, 1.82) is 0 Å². The third kappa shape index (κ3) is 3.73. The van der Waals surface area contributed by atoms with Crippen LogP contribution < -0.4 is 10.9 Å². The van der Waals surface area contributed by atoms with Gasteiger partial charge in [-0.1, -0.05) is 6.07 Å². The van der Waals surface area contributed by atoms with Gasteiger partial charge in [0.05, 0.1) is 0 Å². The molecule has 1 amide bonds. The number of nitrogens with zero attached hydrogens (tertiary/aromatic N) is 1. The molecule has 0 fully saturated rings. The highest BCUT2D eigenvalue weighted by Crippen LogP contribution is 1.98. The lowest BCUT2D eigenvalue weighted by Crippen LogP contribution is -2.33. The van der Waals surface area contributed by atoms with Crippen LogP contribution in [0.1, 0.15) is 30.8 Å². The molecule has 1 aromatic rings. The Kier molecular flexibility index (Phi) is 4.65. The van der Waals surface area contributed by atoms with Crippen LogP contribution in [0.2, 0.25) is 0 Å². The van der Waals surface area contributed by atoms with Gasteiger partial charge in [0.2, 0.25) is 5.91 Å². The average Bonchev–Trinajstić information content (AvgIpc) is 2.25. The Morgan fingerprint density at radius 1 is 1.39 bits per heavy atom. The van der Waals surface area contributed by atoms with Crippen LogP contribution in [0.15, 0.2) is 23.0 Å². The topological polar surface area (TPSA) is 88.4 Å². The van der Waals surface area contributed by atoms with Crippen LogP contribution in [-0.4, -0.2) is 27.6 Å². The molecule has 0 atom stereocenters. The van der Waals surface area contributed by atoms with Crippen LogP contribution in [0.5, 0.6) is 0 Å². The number of hydrogen-bond donors (Lipinski definition) is 2. The second-order valence-corrected chi connectivity index (χ2v) is 4.18. The Balaban J connectivity index is 2.82. The van der Waals surface area contributed by atoms with Crippen LogP contribution in [0.4, 0.5) is 0 Å². The van der Waals surface area contributed by atoms with Crippen LogP contribution in [-0.2, 0) is 11.3 Å². The molecular weight excluding hydrogens is 236 g/mol. The number of carboxylic acids is 1. The summed E-state index contributed by atoms with van der Waals surface area (Å²) in [6.07, 6.45) is 0.0718. The molecule has 6 nitrogen and oxygen atoms in total. The summed E-state index contributed by atoms with van der Waals surface area (Å²) in [5.41, 5.74) is -0.535. The average molecular weight is 252 g/mol. The Bertz CT molecular complexity index is 505. The minimum Gasteiger partial charge on any atom is -0.477 e. The summed E-state index contributed by atoms with van der Waals surface area (Å²) in [6, 6.07) is 4.01. The zero-order valence-corrected chi connectivity index (χ0v) is 10.3. The summed E-state index contributed by atoms with van der Waals surface area (Å²) < 4.78 is 1.09. The van der Waals surface area contributed by atoms with Gasteiger partial charge in [-0.15, -0.1) is 0 Å². The summed E-state index contributed by atoms with van der Waals surface area (Å²) in [5.74, 6) is -1.39. The molecule has 0 aliphatic heterocycles. The number of nitrogens with one attached hydrogen (secondary N) is 1. The predicted octanol–water partition coefficient (Wildman–Crippen LogP) is 0.461. The fraction of sp³-hybridized carbons (Fsp3) is 0.417. The fourth-order valence-electron chi connectivity index (χ4n) is 1.55. The monoisotopic (exact) mass is 252 g/mol. The molecular formula is C12H16N2O4. The molecule has 18 heavy (non-hydrogen) atoms. The molecule has 0 saturated carbocycles. The van der Waals surface area contributed by atoms with E-state index in [4.69, 9.17) is 5.11 Å². The first-order valence-corrected chi connectivity index (χ1v) is 5.64. The van der Waals surface area contributed by atoms with Gasteiger partial charge in [-0.05, 0) is 19.9 Å². The number of aromatic carboxylic acids is 1. The van der Waals surface area contributed by atoms with Gasteiger partial charge in [0, 0.05) is 25.1 Å². The first-order valence-electron chi connectivity index (χ1n) is 5.64. The van der Waals surface area contributed by atoms with E-state index >= 15 is 0 Å². The highest BCUT2D eigenvalue weighted by atomic mass is 16.4. The van der Waals surface area contributed by atoms with E-state index in [0.29, 0.717) is 0 Å². The standard InChI is InChI=1S/C12H16N2O4/c1-8(2)13-10(15)6-7-14-9(12(17)18)4-3-5-11(14)16/h3-5,8H,6-7H2,1-2H3,(H,13,15)(H,17,18). The van der Waals surface area contributed by atoms with Gasteiger partial charge in [-0.25, -0.2) is 4.79 Å². The van der Waals surface area contributed by atoms with E-state index in [0.717, 1.165) is 4.57 Å². The Morgan fingerprint density at radius 2 is 2.06 bits per heavy atom. The molecule has 0 aliphatic rings. The van der Waals surface area contributed by atoms with E-state index in [1.54, 1.807) is 0 Å². The van der Waals surface area contributed by atoms with Gasteiger partial charge in [-0.2, -0.15) is 0 Å². The number of amides is 1. The van der Waals surface area contributed by atoms with Crippen molar-refractivity contribution < 1.29 is 14.7 Å². The molecule has 0 aromatic carbocycles. The van der Waals surface area contributed by atoms with Crippen molar-refractivity contribution in [3.63, 3.8) is 0 Å². The predicted molar refractivity (Wildman–Crippen MR) is 65.6 cm³/mol. The number of carboxylic acid groups (broad SMARTS) is 1. The third-order valence-corrected chi connectivity index (χ3v) is 2.28. The molecule has 0 saturated heterocycles. The minimum atomic E-state index is -1.18. The molecule has 1 rings (SSSR count). The van der Waals surface area contributed by atoms with Crippen LogP contribution in [0.25, 0.3) is 0 Å². The quantitative estimate of drug-likeness (QED) is 0.796. The van der Waals surface area contributed by atoms with Gasteiger partial charge >= 0.3 is 5.97 Å². The molecule has 0 spiro atoms. The molecule has 1 aromatic heterocycles. The number of carbonyl (C=O) groups is 2. The van der Waals surface area contributed by atoms with E-state index < -0.39 is 11.5 Å². The lowest BCUT2D eigenvalue weighted by Gasteiger charge is -2.11. The number of carbonyl (C=O) groups excluding carboxylic acids is 1. The second-order valence-electron chi connectivity index (χ2n) is 4.18. The lowest BCUT2D eigenvalue weighted by molar-refractivity contribution is -0.121. The summed E-state index contributed by atoms with van der Waals surface area (Å²) in [7, 11) is 0. The Labute approximate surface area is 104 Å². The van der Waals surface area contributed by atoms with E-state index in [1.807, 2.05) is 13.8 Å². The van der Waals surface area contributed by atoms with Crippen molar-refractivity contribution in [2.45, 2.75) is 32.9 Å². The summed E-state index contributed by atoms with van der Waals surface area (Å²) in [4.78, 5) is 33.9. The molecule has 1 heterocycles. The normalized spacial score (nSPS) is 10.4. The van der Waals surface area contributed by atoms with Gasteiger partial charge in [0.1, 0.15) is 5.69 Å². The van der Waals surface area contributed by atoms with Crippen LogP contribution in [0, 0.1) is 0 Å². The molecule has 98 valence electrons. The Hall–Kier alpha value is -2.11. The number of pyridine rings is 1. The summed E-state index contributed by atoms with van der Waals surface area (Å²) in [6.45, 7) is 3.71. The van der Waals surface area contributed by atoms with Gasteiger partial charge in [0.15, 0.2) is 0 Å².